The van der Waals surface area contributed by atoms with Crippen LogP contribution in [0, 0.1) is 6.92 Å². The summed E-state index contributed by atoms with van der Waals surface area (Å²) in [7, 11) is 1.63. The summed E-state index contributed by atoms with van der Waals surface area (Å²) in [5.74, 6) is 0. The lowest BCUT2D eigenvalue weighted by Gasteiger charge is -2.12. The molecule has 2 aromatic rings. The molecule has 0 aliphatic carbocycles. The van der Waals surface area contributed by atoms with Crippen molar-refractivity contribution < 1.29 is 43.0 Å². The Morgan fingerprint density at radius 2 is 2.05 bits per heavy atom. The molecule has 1 unspecified atom stereocenters. The van der Waals surface area contributed by atoms with E-state index in [9.17, 15) is 0 Å². The zero-order valence-corrected chi connectivity index (χ0v) is 15.9. The van der Waals surface area contributed by atoms with Gasteiger partial charge in [-0.25, -0.2) is 0 Å². The van der Waals surface area contributed by atoms with Crippen molar-refractivity contribution >= 4 is 21.6 Å². The molecule has 0 radical (unpaired) electrons. The second-order valence-corrected chi connectivity index (χ2v) is 5.68. The molecule has 2 rings (SSSR count). The van der Waals surface area contributed by atoms with Crippen LogP contribution in [-0.2, 0) is 15.9 Å². The first-order valence-corrected chi connectivity index (χ1v) is 7.73. The van der Waals surface area contributed by atoms with Crippen molar-refractivity contribution in [1.82, 2.24) is 0 Å². The second-order valence-electron chi connectivity index (χ2n) is 4.45. The van der Waals surface area contributed by atoms with Gasteiger partial charge in [0.25, 0.3) is 10.5 Å². The van der Waals surface area contributed by atoms with Crippen LogP contribution in [0.3, 0.4) is 0 Å². The Balaban J connectivity index is 0.00000220. The molecular formula is C15H22INO3S. The van der Waals surface area contributed by atoms with Gasteiger partial charge in [-0.1, -0.05) is 30.4 Å². The van der Waals surface area contributed by atoms with Gasteiger partial charge in [0.1, 0.15) is 4.70 Å². The number of halogens is 1. The van der Waals surface area contributed by atoms with E-state index < -0.39 is 0 Å². The number of thiazole rings is 1. The van der Waals surface area contributed by atoms with Crippen LogP contribution in [0.15, 0.2) is 18.2 Å². The molecule has 0 aliphatic heterocycles. The van der Waals surface area contributed by atoms with E-state index in [0.29, 0.717) is 13.2 Å². The lowest BCUT2D eigenvalue weighted by molar-refractivity contribution is -0.874. The van der Waals surface area contributed by atoms with Crippen molar-refractivity contribution in [1.29, 1.82) is 0 Å². The molecule has 1 heterocycles. The van der Waals surface area contributed by atoms with Crippen molar-refractivity contribution in [3.8, 4) is 0 Å². The van der Waals surface area contributed by atoms with Gasteiger partial charge >= 0.3 is 0 Å². The number of benzene rings is 1. The van der Waals surface area contributed by atoms with Gasteiger partial charge in [0, 0.05) is 30.9 Å². The molecule has 4 nitrogen and oxygen atoms in total. The van der Waals surface area contributed by atoms with Crippen molar-refractivity contribution in [2.45, 2.75) is 33.5 Å². The molecule has 0 amide bonds. The third-order valence-electron chi connectivity index (χ3n) is 3.17. The second kappa shape index (κ2) is 8.87. The average molecular weight is 423 g/mol. The van der Waals surface area contributed by atoms with Crippen LogP contribution in [0.5, 0.6) is 0 Å². The van der Waals surface area contributed by atoms with Gasteiger partial charge in [-0.3, -0.25) is 4.84 Å². The topological polar surface area (TPSA) is 31.6 Å². The summed E-state index contributed by atoms with van der Waals surface area (Å²) in [6, 6.07) is 6.37. The molecule has 0 saturated heterocycles. The summed E-state index contributed by atoms with van der Waals surface area (Å²) in [4.78, 5) is 5.92. The van der Waals surface area contributed by atoms with Crippen LogP contribution < -0.4 is 33.5 Å². The van der Waals surface area contributed by atoms with E-state index in [4.69, 9.17) is 14.3 Å². The molecule has 1 atom stereocenters. The highest BCUT2D eigenvalue weighted by molar-refractivity contribution is 7.18. The van der Waals surface area contributed by atoms with Gasteiger partial charge in [0.05, 0.1) is 0 Å². The highest BCUT2D eigenvalue weighted by atomic mass is 127. The van der Waals surface area contributed by atoms with Crippen LogP contribution in [0.2, 0.25) is 0 Å². The van der Waals surface area contributed by atoms with Gasteiger partial charge in [0.2, 0.25) is 6.61 Å². The summed E-state index contributed by atoms with van der Waals surface area (Å²) >= 11 is 1.74. The normalized spacial score (nSPS) is 12.2. The van der Waals surface area contributed by atoms with Gasteiger partial charge in [0.15, 0.2) is 6.29 Å². The Morgan fingerprint density at radius 1 is 1.29 bits per heavy atom. The van der Waals surface area contributed by atoms with E-state index >= 15 is 0 Å². The molecule has 6 heteroatoms. The summed E-state index contributed by atoms with van der Waals surface area (Å²) in [6.07, 6.45) is 0.645. The first-order chi connectivity index (χ1) is 9.71. The fourth-order valence-corrected chi connectivity index (χ4v) is 3.19. The lowest BCUT2D eigenvalue weighted by Crippen LogP contribution is -3.00. The fourth-order valence-electron chi connectivity index (χ4n) is 2.18. The van der Waals surface area contributed by atoms with E-state index in [1.165, 1.54) is 10.3 Å². The van der Waals surface area contributed by atoms with Crippen LogP contribution in [-0.4, -0.2) is 26.6 Å². The minimum Gasteiger partial charge on any atom is -1.00 e. The maximum Gasteiger partial charge on any atom is 0.286 e. The van der Waals surface area contributed by atoms with E-state index in [0.717, 1.165) is 16.9 Å². The smallest absolute Gasteiger partial charge is 0.286 e. The number of para-hydroxylation sites is 1. The molecule has 1 aromatic carbocycles. The van der Waals surface area contributed by atoms with Gasteiger partial charge in [-0.2, -0.15) is 0 Å². The van der Waals surface area contributed by atoms with E-state index in [1.54, 1.807) is 18.4 Å². The van der Waals surface area contributed by atoms with Crippen molar-refractivity contribution in [3.05, 3.63) is 28.8 Å². The third-order valence-corrected chi connectivity index (χ3v) is 4.18. The van der Waals surface area contributed by atoms with E-state index in [2.05, 4.69) is 32.0 Å². The van der Waals surface area contributed by atoms with Gasteiger partial charge in [-0.05, 0) is 19.4 Å². The maximum atomic E-state index is 5.92. The first-order valence-electron chi connectivity index (χ1n) is 6.92. The van der Waals surface area contributed by atoms with Crippen LogP contribution in [0.1, 0.15) is 24.4 Å². The predicted octanol–water partition coefficient (Wildman–Crippen LogP) is -0.499. The number of aryl methyl sites for hydroxylation is 2. The highest BCUT2D eigenvalue weighted by Gasteiger charge is 2.23. The average Bonchev–Trinajstić information content (AvgIpc) is 2.79. The standard InChI is InChI=1S/C15H22NO3S.HI/c1-5-12-8-7-9-13-15(12)16(11(3)20-13)19-10-14(17-4)18-6-2;/h7-9,14H,5-6,10H2,1-4H3;1H/q+1;/p-1. The van der Waals surface area contributed by atoms with Crippen molar-refractivity contribution in [3.63, 3.8) is 0 Å². The molecule has 0 spiro atoms. The monoisotopic (exact) mass is 423 g/mol. The predicted molar refractivity (Wildman–Crippen MR) is 80.0 cm³/mol. The number of fused-ring (bicyclic) bond motifs is 1. The largest absolute Gasteiger partial charge is 1.00 e. The van der Waals surface area contributed by atoms with Crippen molar-refractivity contribution in [2.24, 2.45) is 0 Å². The summed E-state index contributed by atoms with van der Waals surface area (Å²) in [5, 5.41) is 1.12. The van der Waals surface area contributed by atoms with Crippen LogP contribution in [0.25, 0.3) is 10.2 Å². The Labute approximate surface area is 147 Å². The fraction of sp³-hybridized carbons (Fsp3) is 0.533. The van der Waals surface area contributed by atoms with Gasteiger partial charge < -0.3 is 33.5 Å². The minimum atomic E-state index is -0.337. The quantitative estimate of drug-likeness (QED) is 0.342. The zero-order valence-electron chi connectivity index (χ0n) is 12.9. The molecule has 0 N–H and O–H groups in total. The number of nitrogens with zero attached hydrogens (tertiary/aromatic N) is 1. The Kier molecular flexibility index (Phi) is 7.86. The van der Waals surface area contributed by atoms with Crippen molar-refractivity contribution in [2.75, 3.05) is 20.3 Å². The lowest BCUT2D eigenvalue weighted by atomic mass is 10.1. The highest BCUT2D eigenvalue weighted by Crippen LogP contribution is 2.22. The number of hydrogen-bond acceptors (Lipinski definition) is 4. The number of ether oxygens (including phenoxy) is 2. The zero-order chi connectivity index (χ0) is 14.5. The van der Waals surface area contributed by atoms with E-state index in [1.807, 2.05) is 11.7 Å². The molecule has 118 valence electrons. The molecule has 0 fully saturated rings. The van der Waals surface area contributed by atoms with Crippen LogP contribution in [0.4, 0.5) is 0 Å². The Hall–Kier alpha value is -0.440. The molecule has 21 heavy (non-hydrogen) atoms. The molecule has 0 aliphatic rings. The minimum absolute atomic E-state index is 0. The number of rotatable bonds is 7. The summed E-state index contributed by atoms with van der Waals surface area (Å²) < 4.78 is 13.8. The Morgan fingerprint density at radius 3 is 2.67 bits per heavy atom. The summed E-state index contributed by atoms with van der Waals surface area (Å²) in [6.45, 7) is 7.15. The first kappa shape index (κ1) is 18.6. The molecular weight excluding hydrogens is 401 g/mol. The molecule has 1 aromatic heterocycles. The number of hydrogen-bond donors (Lipinski definition) is 0. The SMILES string of the molecule is CCOC(CO[n+]1c(C)sc2cccc(CC)c21)OC.[I-]. The van der Waals surface area contributed by atoms with Gasteiger partial charge in [-0.15, -0.1) is 0 Å². The summed E-state index contributed by atoms with van der Waals surface area (Å²) in [5.41, 5.74) is 2.45. The van der Waals surface area contributed by atoms with Crippen LogP contribution >= 0.6 is 11.3 Å². The number of aromatic nitrogens is 1. The third kappa shape index (κ3) is 4.28. The molecule has 0 bridgehead atoms. The molecule has 0 saturated carbocycles. The Bertz CT molecular complexity index is 573. The van der Waals surface area contributed by atoms with E-state index in [-0.39, 0.29) is 30.3 Å². The number of methoxy groups -OCH3 is 1. The maximum absolute atomic E-state index is 5.92.